The van der Waals surface area contributed by atoms with Crippen LogP contribution in [0.1, 0.15) is 64.9 Å². The molecule has 3 N–H and O–H groups in total. The minimum Gasteiger partial charge on any atom is -0.370 e. The summed E-state index contributed by atoms with van der Waals surface area (Å²) in [5.74, 6) is 0.831. The first-order valence-corrected chi connectivity index (χ1v) is 15.2. The molecule has 1 aliphatic heterocycles. The number of nitrogens with zero attached hydrogens (tertiary/aromatic N) is 1. The number of terminal acetylenes is 1. The zero-order valence-electron chi connectivity index (χ0n) is 26.2. The van der Waals surface area contributed by atoms with Gasteiger partial charge in [-0.05, 0) is 61.9 Å². The average Bonchev–Trinajstić information content (AvgIpc) is 3.40. The van der Waals surface area contributed by atoms with E-state index in [9.17, 15) is 0 Å². The Morgan fingerprint density at radius 1 is 0.929 bits per heavy atom. The molecular weight excluding hydrogens is 536 g/mol. The molecule has 0 saturated heterocycles. The van der Waals surface area contributed by atoms with Gasteiger partial charge in [0.25, 0.3) is 0 Å². The van der Waals surface area contributed by atoms with Crippen molar-refractivity contribution < 1.29 is 0 Å². The largest absolute Gasteiger partial charge is 0.370 e. The third kappa shape index (κ3) is 14.7. The van der Waals surface area contributed by atoms with Crippen LogP contribution in [0.15, 0.2) is 116 Å². The van der Waals surface area contributed by atoms with Crippen LogP contribution in [0.4, 0.5) is 0 Å². The number of nitrogens with one attached hydrogen (secondary N) is 3. The molecule has 0 fully saturated rings. The molecule has 2 aromatic rings. The van der Waals surface area contributed by atoms with Crippen LogP contribution in [0.2, 0.25) is 0 Å². The van der Waals surface area contributed by atoms with Crippen molar-refractivity contribution in [2.24, 2.45) is 0 Å². The Bertz CT molecular complexity index is 1100. The number of hydrogen-bond acceptors (Lipinski definition) is 4. The van der Waals surface area contributed by atoms with Crippen LogP contribution in [0.3, 0.4) is 0 Å². The second-order valence-corrected chi connectivity index (χ2v) is 10.2. The Balaban J connectivity index is 0.000000787. The number of aryl methyl sites for hydroxylation is 1. The molecule has 1 unspecified atom stereocenters. The molecule has 0 aromatic heterocycles. The lowest BCUT2D eigenvalue weighted by Crippen LogP contribution is -2.31. The smallest absolute Gasteiger partial charge is 0.176 e. The van der Waals surface area contributed by atoms with Crippen molar-refractivity contribution in [3.8, 4) is 24.0 Å². The van der Waals surface area contributed by atoms with Crippen molar-refractivity contribution in [1.29, 1.82) is 0 Å². The van der Waals surface area contributed by atoms with E-state index in [1.165, 1.54) is 41.5 Å². The molecule has 42 heavy (non-hydrogen) atoms. The predicted octanol–water partition coefficient (Wildman–Crippen LogP) is 9.32. The van der Waals surface area contributed by atoms with Crippen LogP contribution in [0, 0.1) is 12.8 Å². The number of hydrogen-bond donors (Lipinski definition) is 3. The van der Waals surface area contributed by atoms with Gasteiger partial charge in [-0.3, -0.25) is 0 Å². The van der Waals surface area contributed by atoms with Crippen LogP contribution in [-0.2, 0) is 6.42 Å². The number of allylic oxidation sites excluding steroid dienone is 1. The molecule has 0 radical (unpaired) electrons. The molecule has 4 nitrogen and oxygen atoms in total. The third-order valence-electron chi connectivity index (χ3n) is 6.46. The van der Waals surface area contributed by atoms with E-state index in [0.717, 1.165) is 56.0 Å². The highest BCUT2D eigenvalue weighted by Gasteiger charge is 2.24. The van der Waals surface area contributed by atoms with E-state index in [4.69, 9.17) is 11.6 Å². The van der Waals surface area contributed by atoms with Crippen molar-refractivity contribution >= 4 is 11.6 Å². The summed E-state index contributed by atoms with van der Waals surface area (Å²) in [6.07, 6.45) is 17.7. The van der Waals surface area contributed by atoms with Gasteiger partial charge in [-0.15, -0.1) is 32.6 Å². The summed E-state index contributed by atoms with van der Waals surface area (Å²) >= 11 is 6.17. The summed E-state index contributed by atoms with van der Waals surface area (Å²) < 4.78 is 0. The summed E-state index contributed by atoms with van der Waals surface area (Å²) in [6.45, 7) is 26.5. The lowest BCUT2D eigenvalue weighted by molar-refractivity contribution is 0.330. The molecule has 0 spiro atoms. The van der Waals surface area contributed by atoms with Crippen molar-refractivity contribution in [2.45, 2.75) is 71.3 Å². The maximum Gasteiger partial charge on any atom is 0.176 e. The van der Waals surface area contributed by atoms with E-state index in [1.54, 1.807) is 6.20 Å². The topological polar surface area (TPSA) is 39.3 Å². The lowest BCUT2D eigenvalue weighted by atomic mass is 10.0. The number of benzene rings is 2. The molecule has 5 heteroatoms. The summed E-state index contributed by atoms with van der Waals surface area (Å²) in [6, 6.07) is 19.2. The fourth-order valence-electron chi connectivity index (χ4n) is 4.30. The second-order valence-electron chi connectivity index (χ2n) is 9.72. The molecule has 0 amide bonds. The standard InChI is InChI=1S/C19H33ClN4.C14H14.C2H4.C2H2/c1-6-8-10-13-24(14-11-9-12-15(3)4)16(5)17-18(21-7-2)23-19(20)22-17;1-2-12-7-6-10-14(11-12)13-8-4-3-5-9-13;2*1-2/h7,19,21-23H,2-3,5-6,8-14H2,1,4H3;3-11H,2H2,1H3;1-2H2;1-2H. The fourth-order valence-corrected chi connectivity index (χ4v) is 4.52. The first-order chi connectivity index (χ1) is 20.4. The van der Waals surface area contributed by atoms with Gasteiger partial charge in [0.1, 0.15) is 11.5 Å². The number of halogens is 1. The van der Waals surface area contributed by atoms with E-state index in [2.05, 4.69) is 136 Å². The molecule has 2 aromatic carbocycles. The summed E-state index contributed by atoms with van der Waals surface area (Å²) in [5.41, 5.74) is 6.81. The highest BCUT2D eigenvalue weighted by Crippen LogP contribution is 2.21. The van der Waals surface area contributed by atoms with Crippen LogP contribution < -0.4 is 16.0 Å². The Morgan fingerprint density at radius 2 is 1.55 bits per heavy atom. The minimum absolute atomic E-state index is 0.333. The normalized spacial score (nSPS) is 12.9. The molecular formula is C37H53ClN4. The Hall–Kier alpha value is -3.81. The predicted molar refractivity (Wildman–Crippen MR) is 188 cm³/mol. The minimum atomic E-state index is -0.333. The third-order valence-corrected chi connectivity index (χ3v) is 6.68. The molecule has 0 saturated carbocycles. The maximum absolute atomic E-state index is 6.17. The van der Waals surface area contributed by atoms with Gasteiger partial charge in [-0.1, -0.05) is 112 Å². The van der Waals surface area contributed by atoms with Gasteiger partial charge in [-0.25, -0.2) is 0 Å². The van der Waals surface area contributed by atoms with Crippen LogP contribution >= 0.6 is 11.6 Å². The fraction of sp³-hybridized carbons (Fsp3) is 0.351. The van der Waals surface area contributed by atoms with Gasteiger partial charge < -0.3 is 20.9 Å². The molecule has 228 valence electrons. The van der Waals surface area contributed by atoms with Gasteiger partial charge in [0, 0.05) is 13.1 Å². The molecule has 1 heterocycles. The van der Waals surface area contributed by atoms with Gasteiger partial charge in [0.15, 0.2) is 5.62 Å². The zero-order valence-corrected chi connectivity index (χ0v) is 27.0. The van der Waals surface area contributed by atoms with Gasteiger partial charge in [0.05, 0.1) is 5.70 Å². The number of alkyl halides is 1. The monoisotopic (exact) mass is 588 g/mol. The summed E-state index contributed by atoms with van der Waals surface area (Å²) in [5, 5.41) is 9.48. The van der Waals surface area contributed by atoms with Crippen molar-refractivity contribution in [3.63, 3.8) is 0 Å². The van der Waals surface area contributed by atoms with E-state index in [-0.39, 0.29) is 5.62 Å². The molecule has 1 aliphatic rings. The van der Waals surface area contributed by atoms with E-state index in [1.807, 2.05) is 6.07 Å². The lowest BCUT2D eigenvalue weighted by Gasteiger charge is -2.28. The van der Waals surface area contributed by atoms with Crippen molar-refractivity contribution in [1.82, 2.24) is 20.9 Å². The van der Waals surface area contributed by atoms with Gasteiger partial charge in [0.2, 0.25) is 0 Å². The van der Waals surface area contributed by atoms with Gasteiger partial charge >= 0.3 is 0 Å². The summed E-state index contributed by atoms with van der Waals surface area (Å²) in [4.78, 5) is 2.36. The Morgan fingerprint density at radius 3 is 2.12 bits per heavy atom. The van der Waals surface area contributed by atoms with Crippen LogP contribution in [-0.4, -0.2) is 23.6 Å². The highest BCUT2D eigenvalue weighted by atomic mass is 35.5. The Labute approximate surface area is 262 Å². The van der Waals surface area contributed by atoms with Crippen molar-refractivity contribution in [2.75, 3.05) is 13.1 Å². The summed E-state index contributed by atoms with van der Waals surface area (Å²) in [7, 11) is 0. The molecule has 1 atom stereocenters. The van der Waals surface area contributed by atoms with Crippen LogP contribution in [0.25, 0.3) is 11.1 Å². The first-order valence-electron chi connectivity index (χ1n) is 14.7. The SMILES string of the molecule is C#C.C=C.C=CNC1=C(C(=C)N(CCCCC)CCCCC(=C)C)NC(Cl)N1.CCc1cccc(-c2ccccc2)c1. The zero-order chi connectivity index (χ0) is 31.8. The van der Waals surface area contributed by atoms with Gasteiger partial charge in [-0.2, -0.15) is 0 Å². The van der Waals surface area contributed by atoms with E-state index >= 15 is 0 Å². The average molecular weight is 589 g/mol. The quantitative estimate of drug-likeness (QED) is 0.0637. The Kier molecular flexibility index (Phi) is 21.7. The number of unbranched alkanes of at least 4 members (excludes halogenated alkanes) is 3. The van der Waals surface area contributed by atoms with E-state index < -0.39 is 0 Å². The molecule has 3 rings (SSSR count). The highest BCUT2D eigenvalue weighted by molar-refractivity contribution is 6.20. The maximum atomic E-state index is 6.17. The molecule has 0 bridgehead atoms. The van der Waals surface area contributed by atoms with Crippen molar-refractivity contribution in [3.05, 3.63) is 122 Å². The first kappa shape index (κ1) is 38.2. The van der Waals surface area contributed by atoms with E-state index in [0.29, 0.717) is 0 Å². The molecule has 0 aliphatic carbocycles. The number of rotatable bonds is 15. The van der Waals surface area contributed by atoms with Crippen LogP contribution in [0.5, 0.6) is 0 Å². The second kappa shape index (κ2) is 23.9.